The van der Waals surface area contributed by atoms with Crippen molar-refractivity contribution in [3.63, 3.8) is 0 Å². The lowest BCUT2D eigenvalue weighted by Gasteiger charge is -2.21. The van der Waals surface area contributed by atoms with Crippen LogP contribution in [-0.2, 0) is 16.9 Å². The van der Waals surface area contributed by atoms with Crippen molar-refractivity contribution < 1.29 is 4.74 Å². The van der Waals surface area contributed by atoms with Crippen LogP contribution in [0.15, 0.2) is 6.20 Å². The summed E-state index contributed by atoms with van der Waals surface area (Å²) in [6, 6.07) is 0. The Labute approximate surface area is 97.8 Å². The molecule has 0 aliphatic rings. The zero-order valence-electron chi connectivity index (χ0n) is 10.8. The minimum Gasteiger partial charge on any atom is -0.368 e. The Morgan fingerprint density at radius 2 is 2.19 bits per heavy atom. The molecule has 0 spiro atoms. The lowest BCUT2D eigenvalue weighted by Crippen LogP contribution is -2.23. The van der Waals surface area contributed by atoms with Gasteiger partial charge in [0.15, 0.2) is 0 Å². The van der Waals surface area contributed by atoms with Crippen molar-refractivity contribution in [1.29, 1.82) is 0 Å². The number of nitrogens with zero attached hydrogens (tertiary/aromatic N) is 1. The van der Waals surface area contributed by atoms with E-state index in [2.05, 4.69) is 22.2 Å². The van der Waals surface area contributed by atoms with Crippen LogP contribution in [-0.4, -0.2) is 23.1 Å². The Morgan fingerprint density at radius 1 is 1.44 bits per heavy atom. The maximum atomic E-state index is 5.64. The van der Waals surface area contributed by atoms with Gasteiger partial charge in [-0.15, -0.1) is 0 Å². The predicted octanol–water partition coefficient (Wildman–Crippen LogP) is 2.18. The first-order chi connectivity index (χ1) is 7.60. The summed E-state index contributed by atoms with van der Waals surface area (Å²) in [6.45, 7) is 10.8. The lowest BCUT2D eigenvalue weighted by atomic mass is 10.1. The van der Waals surface area contributed by atoms with Crippen molar-refractivity contribution in [2.45, 2.75) is 46.3 Å². The standard InChI is InChI=1S/C12H23N3O/c1-5-7-13-8-10-9-14-11(15-10)12(3,4)16-6-2/h9,13H,5-8H2,1-4H3,(H,14,15). The van der Waals surface area contributed by atoms with E-state index in [0.717, 1.165) is 31.0 Å². The summed E-state index contributed by atoms with van der Waals surface area (Å²) in [6.07, 6.45) is 3.02. The molecule has 2 N–H and O–H groups in total. The average molecular weight is 225 g/mol. The Balaban J connectivity index is 2.56. The van der Waals surface area contributed by atoms with Gasteiger partial charge in [-0.3, -0.25) is 0 Å². The Morgan fingerprint density at radius 3 is 2.81 bits per heavy atom. The van der Waals surface area contributed by atoms with Gasteiger partial charge in [-0.25, -0.2) is 4.98 Å². The Hall–Kier alpha value is -0.870. The number of aromatic amines is 1. The molecule has 1 rings (SSSR count). The lowest BCUT2D eigenvalue weighted by molar-refractivity contribution is -0.0202. The van der Waals surface area contributed by atoms with E-state index in [4.69, 9.17) is 4.74 Å². The predicted molar refractivity (Wildman–Crippen MR) is 65.2 cm³/mol. The molecule has 0 aromatic carbocycles. The van der Waals surface area contributed by atoms with Crippen LogP contribution >= 0.6 is 0 Å². The zero-order valence-corrected chi connectivity index (χ0v) is 10.8. The topological polar surface area (TPSA) is 49.9 Å². The highest BCUT2D eigenvalue weighted by atomic mass is 16.5. The van der Waals surface area contributed by atoms with Gasteiger partial charge in [0.2, 0.25) is 0 Å². The summed E-state index contributed by atoms with van der Waals surface area (Å²) in [5, 5.41) is 3.34. The molecule has 1 aromatic rings. The average Bonchev–Trinajstić information content (AvgIpc) is 2.67. The molecule has 0 atom stereocenters. The number of hydrogen-bond acceptors (Lipinski definition) is 3. The molecule has 0 saturated heterocycles. The molecule has 4 heteroatoms. The number of aromatic nitrogens is 2. The van der Waals surface area contributed by atoms with Crippen LogP contribution < -0.4 is 5.32 Å². The van der Waals surface area contributed by atoms with E-state index in [1.165, 1.54) is 0 Å². The van der Waals surface area contributed by atoms with Crippen molar-refractivity contribution in [3.05, 3.63) is 17.7 Å². The van der Waals surface area contributed by atoms with Gasteiger partial charge in [0.25, 0.3) is 0 Å². The summed E-state index contributed by atoms with van der Waals surface area (Å²) in [4.78, 5) is 7.66. The molecular formula is C12H23N3O. The van der Waals surface area contributed by atoms with Crippen LogP contribution in [0.3, 0.4) is 0 Å². The molecule has 0 aliphatic heterocycles. The number of H-pyrrole nitrogens is 1. The molecule has 0 saturated carbocycles. The van der Waals surface area contributed by atoms with E-state index in [1.807, 2.05) is 27.0 Å². The van der Waals surface area contributed by atoms with Gasteiger partial charge in [0.1, 0.15) is 11.4 Å². The van der Waals surface area contributed by atoms with Crippen molar-refractivity contribution in [2.24, 2.45) is 0 Å². The minimum absolute atomic E-state index is 0.336. The molecule has 92 valence electrons. The van der Waals surface area contributed by atoms with Crippen LogP contribution in [0.1, 0.15) is 45.6 Å². The quantitative estimate of drug-likeness (QED) is 0.699. The number of rotatable bonds is 7. The van der Waals surface area contributed by atoms with E-state index in [0.29, 0.717) is 6.61 Å². The third-order valence-corrected chi connectivity index (χ3v) is 2.45. The molecular weight excluding hydrogens is 202 g/mol. The van der Waals surface area contributed by atoms with E-state index < -0.39 is 0 Å². The second-order valence-corrected chi connectivity index (χ2v) is 4.38. The fourth-order valence-corrected chi connectivity index (χ4v) is 1.58. The van der Waals surface area contributed by atoms with E-state index >= 15 is 0 Å². The summed E-state index contributed by atoms with van der Waals surface area (Å²) < 4.78 is 5.64. The third-order valence-electron chi connectivity index (χ3n) is 2.45. The normalized spacial score (nSPS) is 12.0. The highest BCUT2D eigenvalue weighted by Crippen LogP contribution is 2.21. The van der Waals surface area contributed by atoms with Crippen LogP contribution in [0, 0.1) is 0 Å². The minimum atomic E-state index is -0.336. The second-order valence-electron chi connectivity index (χ2n) is 4.38. The highest BCUT2D eigenvalue weighted by Gasteiger charge is 2.23. The second kappa shape index (κ2) is 6.01. The molecule has 0 radical (unpaired) electrons. The molecule has 0 fully saturated rings. The van der Waals surface area contributed by atoms with Gasteiger partial charge < -0.3 is 15.0 Å². The van der Waals surface area contributed by atoms with Gasteiger partial charge in [-0.2, -0.15) is 0 Å². The van der Waals surface area contributed by atoms with E-state index in [-0.39, 0.29) is 5.60 Å². The monoisotopic (exact) mass is 225 g/mol. The highest BCUT2D eigenvalue weighted by molar-refractivity contribution is 5.06. The maximum absolute atomic E-state index is 5.64. The van der Waals surface area contributed by atoms with Gasteiger partial charge in [0, 0.05) is 25.0 Å². The fraction of sp³-hybridized carbons (Fsp3) is 0.750. The van der Waals surface area contributed by atoms with E-state index in [9.17, 15) is 0 Å². The SMILES string of the molecule is CCCNCc1cnc(C(C)(C)OCC)[nH]1. The number of imidazole rings is 1. The smallest absolute Gasteiger partial charge is 0.138 e. The first kappa shape index (κ1) is 13.2. The molecule has 0 amide bonds. The Bertz CT molecular complexity index is 307. The summed E-state index contributed by atoms with van der Waals surface area (Å²) in [7, 11) is 0. The number of ether oxygens (including phenoxy) is 1. The molecule has 16 heavy (non-hydrogen) atoms. The number of hydrogen-bond donors (Lipinski definition) is 2. The first-order valence-corrected chi connectivity index (χ1v) is 5.99. The largest absolute Gasteiger partial charge is 0.368 e. The molecule has 1 heterocycles. The molecule has 0 unspecified atom stereocenters. The van der Waals surface area contributed by atoms with Crippen molar-refractivity contribution in [2.75, 3.05) is 13.2 Å². The first-order valence-electron chi connectivity index (χ1n) is 5.99. The van der Waals surface area contributed by atoms with Gasteiger partial charge in [0.05, 0.1) is 0 Å². The van der Waals surface area contributed by atoms with Gasteiger partial charge >= 0.3 is 0 Å². The maximum Gasteiger partial charge on any atom is 0.138 e. The molecule has 0 bridgehead atoms. The van der Waals surface area contributed by atoms with Crippen molar-refractivity contribution >= 4 is 0 Å². The van der Waals surface area contributed by atoms with Crippen LogP contribution in [0.2, 0.25) is 0 Å². The van der Waals surface area contributed by atoms with Crippen molar-refractivity contribution in [1.82, 2.24) is 15.3 Å². The summed E-state index contributed by atoms with van der Waals surface area (Å²) in [5.41, 5.74) is 0.772. The molecule has 0 aliphatic carbocycles. The number of nitrogens with one attached hydrogen (secondary N) is 2. The third kappa shape index (κ3) is 3.61. The van der Waals surface area contributed by atoms with Gasteiger partial charge in [-0.05, 0) is 33.7 Å². The fourth-order valence-electron chi connectivity index (χ4n) is 1.58. The zero-order chi connectivity index (χ0) is 12.0. The summed E-state index contributed by atoms with van der Waals surface area (Å²) >= 11 is 0. The van der Waals surface area contributed by atoms with Crippen LogP contribution in [0.25, 0.3) is 0 Å². The molecule has 1 aromatic heterocycles. The van der Waals surface area contributed by atoms with Gasteiger partial charge in [-0.1, -0.05) is 6.92 Å². The van der Waals surface area contributed by atoms with Crippen molar-refractivity contribution in [3.8, 4) is 0 Å². The molecule has 4 nitrogen and oxygen atoms in total. The van der Waals surface area contributed by atoms with Crippen LogP contribution in [0.5, 0.6) is 0 Å². The van der Waals surface area contributed by atoms with E-state index in [1.54, 1.807) is 0 Å². The van der Waals surface area contributed by atoms with Crippen LogP contribution in [0.4, 0.5) is 0 Å². The Kier molecular flexibility index (Phi) is 4.96. The summed E-state index contributed by atoms with van der Waals surface area (Å²) in [5.74, 6) is 0.891.